The lowest BCUT2D eigenvalue weighted by molar-refractivity contribution is 0.131. The average Bonchev–Trinajstić information content (AvgIpc) is 1.85. The molecule has 0 radical (unpaired) electrons. The van der Waals surface area contributed by atoms with E-state index in [4.69, 9.17) is 0 Å². The van der Waals surface area contributed by atoms with Gasteiger partial charge in [0.15, 0.2) is 0 Å². The summed E-state index contributed by atoms with van der Waals surface area (Å²) in [6.45, 7) is 9.66. The average molecular weight is 155 g/mol. The minimum Gasteiger partial charge on any atom is -0.306 e. The van der Waals surface area contributed by atoms with Gasteiger partial charge in [-0.05, 0) is 31.2 Å². The molecule has 1 saturated heterocycles. The Hall–Kier alpha value is -0.0400. The van der Waals surface area contributed by atoms with E-state index in [-0.39, 0.29) is 0 Å². The van der Waals surface area contributed by atoms with Crippen LogP contribution in [0, 0.1) is 17.8 Å². The maximum Gasteiger partial charge on any atom is 0.000927 e. The number of nitrogens with zero attached hydrogens (tertiary/aromatic N) is 1. The van der Waals surface area contributed by atoms with Gasteiger partial charge in [0, 0.05) is 13.1 Å². The molecule has 0 aromatic heterocycles. The molecule has 0 saturated carbocycles. The van der Waals surface area contributed by atoms with Gasteiger partial charge >= 0.3 is 0 Å². The van der Waals surface area contributed by atoms with E-state index in [0.717, 1.165) is 17.8 Å². The smallest absolute Gasteiger partial charge is 0.000927 e. The molecule has 1 rings (SSSR count). The van der Waals surface area contributed by atoms with Crippen LogP contribution in [-0.4, -0.2) is 25.0 Å². The molecule has 1 heteroatoms. The number of rotatable bonds is 1. The lowest BCUT2D eigenvalue weighted by Crippen LogP contribution is -2.38. The highest BCUT2D eigenvalue weighted by atomic mass is 15.1. The maximum atomic E-state index is 2.47. The Morgan fingerprint density at radius 2 is 1.91 bits per heavy atom. The second-order valence-electron chi connectivity index (χ2n) is 4.57. The van der Waals surface area contributed by atoms with E-state index in [9.17, 15) is 0 Å². The zero-order valence-electron chi connectivity index (χ0n) is 8.30. The van der Waals surface area contributed by atoms with Crippen molar-refractivity contribution in [3.05, 3.63) is 0 Å². The molecule has 2 atom stereocenters. The predicted molar refractivity (Wildman–Crippen MR) is 49.6 cm³/mol. The summed E-state index contributed by atoms with van der Waals surface area (Å²) in [6.07, 6.45) is 1.43. The Morgan fingerprint density at radius 1 is 1.27 bits per heavy atom. The van der Waals surface area contributed by atoms with Crippen LogP contribution in [0.1, 0.15) is 27.2 Å². The Bertz CT molecular complexity index is 110. The summed E-state index contributed by atoms with van der Waals surface area (Å²) < 4.78 is 0. The molecular weight excluding hydrogens is 134 g/mol. The third kappa shape index (κ3) is 2.48. The van der Waals surface area contributed by atoms with Gasteiger partial charge in [0.1, 0.15) is 0 Å². The van der Waals surface area contributed by atoms with Crippen molar-refractivity contribution in [3.63, 3.8) is 0 Å². The second kappa shape index (κ2) is 3.57. The first-order chi connectivity index (χ1) is 5.09. The first kappa shape index (κ1) is 9.05. The quantitative estimate of drug-likeness (QED) is 0.561. The van der Waals surface area contributed by atoms with Gasteiger partial charge < -0.3 is 4.90 Å². The maximum absolute atomic E-state index is 2.47. The monoisotopic (exact) mass is 155 g/mol. The van der Waals surface area contributed by atoms with Crippen LogP contribution < -0.4 is 0 Å². The molecule has 1 fully saturated rings. The third-order valence-corrected chi connectivity index (χ3v) is 2.82. The van der Waals surface area contributed by atoms with Gasteiger partial charge in [0.05, 0.1) is 0 Å². The van der Waals surface area contributed by atoms with Crippen LogP contribution in [0.3, 0.4) is 0 Å². The molecule has 0 unspecified atom stereocenters. The molecule has 0 aliphatic carbocycles. The molecule has 0 bridgehead atoms. The summed E-state index contributed by atoms with van der Waals surface area (Å²) in [4.78, 5) is 2.47. The van der Waals surface area contributed by atoms with Crippen molar-refractivity contribution in [3.8, 4) is 0 Å². The molecule has 66 valence electrons. The molecular formula is C10H21N. The molecule has 1 aliphatic heterocycles. The topological polar surface area (TPSA) is 3.24 Å². The number of piperidine rings is 1. The molecule has 0 aromatic rings. The van der Waals surface area contributed by atoms with Crippen molar-refractivity contribution in [1.82, 2.24) is 4.90 Å². The molecule has 11 heavy (non-hydrogen) atoms. The Morgan fingerprint density at radius 3 is 2.36 bits per heavy atom. The second-order valence-corrected chi connectivity index (χ2v) is 4.57. The number of likely N-dealkylation sites (tertiary alicyclic amines) is 1. The summed E-state index contributed by atoms with van der Waals surface area (Å²) >= 11 is 0. The standard InChI is InChI=1S/C10H21N/c1-8(2)10-5-9(3)6-11(4)7-10/h8-10H,5-7H2,1-4H3/t9-,10-/m0/s1. The lowest BCUT2D eigenvalue weighted by atomic mass is 9.83. The predicted octanol–water partition coefficient (Wildman–Crippen LogP) is 2.23. The molecule has 0 amide bonds. The molecule has 1 heterocycles. The van der Waals surface area contributed by atoms with E-state index < -0.39 is 0 Å². The Balaban J connectivity index is 2.43. The van der Waals surface area contributed by atoms with Crippen LogP contribution in [0.2, 0.25) is 0 Å². The van der Waals surface area contributed by atoms with Gasteiger partial charge in [0.25, 0.3) is 0 Å². The Labute approximate surface area is 70.8 Å². The normalized spacial score (nSPS) is 34.6. The SMILES string of the molecule is CC(C)[C@H]1C[C@H](C)CN(C)C1. The summed E-state index contributed by atoms with van der Waals surface area (Å²) in [5, 5.41) is 0. The van der Waals surface area contributed by atoms with Gasteiger partial charge in [-0.25, -0.2) is 0 Å². The van der Waals surface area contributed by atoms with Gasteiger partial charge in [-0.3, -0.25) is 0 Å². The van der Waals surface area contributed by atoms with E-state index in [1.807, 2.05) is 0 Å². The van der Waals surface area contributed by atoms with E-state index in [2.05, 4.69) is 32.7 Å². The van der Waals surface area contributed by atoms with Crippen LogP contribution in [0.5, 0.6) is 0 Å². The fraction of sp³-hybridized carbons (Fsp3) is 1.00. The van der Waals surface area contributed by atoms with Crippen LogP contribution >= 0.6 is 0 Å². The van der Waals surface area contributed by atoms with Gasteiger partial charge in [0.2, 0.25) is 0 Å². The van der Waals surface area contributed by atoms with Gasteiger partial charge in [-0.1, -0.05) is 20.8 Å². The van der Waals surface area contributed by atoms with Crippen molar-refractivity contribution in [1.29, 1.82) is 0 Å². The molecule has 1 aliphatic rings. The fourth-order valence-electron chi connectivity index (χ4n) is 2.16. The van der Waals surface area contributed by atoms with E-state index in [1.54, 1.807) is 0 Å². The largest absolute Gasteiger partial charge is 0.306 e. The van der Waals surface area contributed by atoms with Crippen molar-refractivity contribution in [2.75, 3.05) is 20.1 Å². The van der Waals surface area contributed by atoms with Crippen molar-refractivity contribution >= 4 is 0 Å². The number of hydrogen-bond donors (Lipinski definition) is 0. The van der Waals surface area contributed by atoms with Crippen molar-refractivity contribution in [2.24, 2.45) is 17.8 Å². The van der Waals surface area contributed by atoms with Crippen molar-refractivity contribution in [2.45, 2.75) is 27.2 Å². The van der Waals surface area contributed by atoms with Gasteiger partial charge in [-0.2, -0.15) is 0 Å². The van der Waals surface area contributed by atoms with Crippen LogP contribution in [0.15, 0.2) is 0 Å². The molecule has 0 N–H and O–H groups in total. The fourth-order valence-corrected chi connectivity index (χ4v) is 2.16. The minimum absolute atomic E-state index is 0.861. The Kier molecular flexibility index (Phi) is 2.94. The first-order valence-electron chi connectivity index (χ1n) is 4.78. The van der Waals surface area contributed by atoms with Crippen molar-refractivity contribution < 1.29 is 0 Å². The van der Waals surface area contributed by atoms with Crippen LogP contribution in [0.4, 0.5) is 0 Å². The lowest BCUT2D eigenvalue weighted by Gasteiger charge is -2.36. The molecule has 1 nitrogen and oxygen atoms in total. The first-order valence-corrected chi connectivity index (χ1v) is 4.78. The summed E-state index contributed by atoms with van der Waals surface area (Å²) in [5.74, 6) is 2.70. The molecule has 0 spiro atoms. The highest BCUT2D eigenvalue weighted by Gasteiger charge is 2.24. The van der Waals surface area contributed by atoms with Gasteiger partial charge in [-0.15, -0.1) is 0 Å². The highest BCUT2D eigenvalue weighted by Crippen LogP contribution is 2.25. The summed E-state index contributed by atoms with van der Waals surface area (Å²) in [7, 11) is 2.24. The highest BCUT2D eigenvalue weighted by molar-refractivity contribution is 4.76. The molecule has 0 aromatic carbocycles. The van der Waals surface area contributed by atoms with E-state index >= 15 is 0 Å². The minimum atomic E-state index is 0.861. The zero-order chi connectivity index (χ0) is 8.43. The number of hydrogen-bond acceptors (Lipinski definition) is 1. The zero-order valence-corrected chi connectivity index (χ0v) is 8.30. The van der Waals surface area contributed by atoms with Crippen LogP contribution in [-0.2, 0) is 0 Å². The summed E-state index contributed by atoms with van der Waals surface area (Å²) in [6, 6.07) is 0. The van der Waals surface area contributed by atoms with E-state index in [1.165, 1.54) is 19.5 Å². The van der Waals surface area contributed by atoms with Crippen LogP contribution in [0.25, 0.3) is 0 Å². The third-order valence-electron chi connectivity index (χ3n) is 2.82. The summed E-state index contributed by atoms with van der Waals surface area (Å²) in [5.41, 5.74) is 0. The van der Waals surface area contributed by atoms with E-state index in [0.29, 0.717) is 0 Å².